The Hall–Kier alpha value is -0.370. The minimum atomic E-state index is 0.445. The normalized spacial score (nSPS) is 16.8. The van der Waals surface area contributed by atoms with Crippen molar-refractivity contribution in [3.63, 3.8) is 0 Å². The zero-order valence-electron chi connectivity index (χ0n) is 7.01. The maximum absolute atomic E-state index is 11.1. The van der Waals surface area contributed by atoms with Crippen LogP contribution in [0, 0.1) is 5.92 Å². The maximum Gasteiger partial charge on any atom is 0.133 e. The molecule has 1 aliphatic carbocycles. The smallest absolute Gasteiger partial charge is 0.133 e. The third kappa shape index (κ3) is 4.14. The van der Waals surface area contributed by atoms with E-state index in [-0.39, 0.29) is 0 Å². The predicted octanol–water partition coefficient (Wildman–Crippen LogP) is 1.48. The molecule has 0 aromatic rings. The zero-order chi connectivity index (χ0) is 8.10. The van der Waals surface area contributed by atoms with Crippen LogP contribution in [0.2, 0.25) is 0 Å². The standard InChI is InChI=1S/C9H17NO/c10-6-2-1-3-9(11)7-8-4-5-8/h8H,1-7,10H2. The molecular formula is C9H17NO. The topological polar surface area (TPSA) is 43.1 Å². The van der Waals surface area contributed by atoms with E-state index < -0.39 is 0 Å². The Balaban J connectivity index is 1.92. The van der Waals surface area contributed by atoms with E-state index in [1.807, 2.05) is 0 Å². The average Bonchev–Trinajstić information content (AvgIpc) is 2.72. The van der Waals surface area contributed by atoms with Crippen molar-refractivity contribution in [1.82, 2.24) is 0 Å². The van der Waals surface area contributed by atoms with Crippen molar-refractivity contribution in [3.05, 3.63) is 0 Å². The first-order chi connectivity index (χ1) is 5.33. The van der Waals surface area contributed by atoms with Gasteiger partial charge < -0.3 is 5.73 Å². The van der Waals surface area contributed by atoms with Crippen molar-refractivity contribution >= 4 is 5.78 Å². The summed E-state index contributed by atoms with van der Waals surface area (Å²) in [6.07, 6.45) is 6.14. The lowest BCUT2D eigenvalue weighted by molar-refractivity contribution is -0.119. The SMILES string of the molecule is NCCCCC(=O)CC1CC1. The number of rotatable bonds is 6. The summed E-state index contributed by atoms with van der Waals surface area (Å²) in [7, 11) is 0. The Bertz CT molecular complexity index is 130. The molecule has 0 amide bonds. The lowest BCUT2D eigenvalue weighted by Crippen LogP contribution is -2.02. The van der Waals surface area contributed by atoms with Gasteiger partial charge in [0.2, 0.25) is 0 Å². The number of ketones is 1. The Morgan fingerprint density at radius 1 is 1.36 bits per heavy atom. The fraction of sp³-hybridized carbons (Fsp3) is 0.889. The summed E-state index contributed by atoms with van der Waals surface area (Å²) in [5.74, 6) is 1.20. The number of hydrogen-bond donors (Lipinski definition) is 1. The van der Waals surface area contributed by atoms with E-state index in [4.69, 9.17) is 5.73 Å². The number of Topliss-reactive ketones (excluding diaryl/α,β-unsaturated/α-hetero) is 1. The van der Waals surface area contributed by atoms with E-state index >= 15 is 0 Å². The Kier molecular flexibility index (Phi) is 3.57. The highest BCUT2D eigenvalue weighted by Gasteiger charge is 2.23. The van der Waals surface area contributed by atoms with Crippen molar-refractivity contribution in [2.75, 3.05) is 6.54 Å². The lowest BCUT2D eigenvalue weighted by atomic mass is 10.1. The summed E-state index contributed by atoms with van der Waals surface area (Å²) < 4.78 is 0. The molecule has 1 rings (SSSR count). The van der Waals surface area contributed by atoms with Crippen LogP contribution in [-0.2, 0) is 4.79 Å². The molecule has 0 bridgehead atoms. The minimum Gasteiger partial charge on any atom is -0.330 e. The molecule has 0 atom stereocenters. The van der Waals surface area contributed by atoms with Crippen LogP contribution >= 0.6 is 0 Å². The van der Waals surface area contributed by atoms with Gasteiger partial charge in [-0.2, -0.15) is 0 Å². The van der Waals surface area contributed by atoms with Crippen molar-refractivity contribution in [2.24, 2.45) is 11.7 Å². The molecule has 1 fully saturated rings. The van der Waals surface area contributed by atoms with E-state index in [0.717, 1.165) is 38.1 Å². The van der Waals surface area contributed by atoms with Crippen molar-refractivity contribution in [2.45, 2.75) is 38.5 Å². The van der Waals surface area contributed by atoms with Gasteiger partial charge in [0.25, 0.3) is 0 Å². The highest BCUT2D eigenvalue weighted by Crippen LogP contribution is 2.32. The van der Waals surface area contributed by atoms with Crippen molar-refractivity contribution in [1.29, 1.82) is 0 Å². The molecule has 0 saturated heterocycles. The minimum absolute atomic E-state index is 0.445. The molecule has 1 aliphatic rings. The van der Waals surface area contributed by atoms with Gasteiger partial charge in [-0.05, 0) is 38.1 Å². The summed E-state index contributed by atoms with van der Waals surface area (Å²) in [4.78, 5) is 11.1. The van der Waals surface area contributed by atoms with Gasteiger partial charge in [-0.15, -0.1) is 0 Å². The van der Waals surface area contributed by atoms with Gasteiger partial charge in [0.05, 0.1) is 0 Å². The van der Waals surface area contributed by atoms with Crippen LogP contribution in [0.5, 0.6) is 0 Å². The van der Waals surface area contributed by atoms with Crippen LogP contribution in [-0.4, -0.2) is 12.3 Å². The third-order valence-corrected chi connectivity index (χ3v) is 2.12. The second kappa shape index (κ2) is 4.50. The number of hydrogen-bond acceptors (Lipinski definition) is 2. The van der Waals surface area contributed by atoms with Gasteiger partial charge >= 0.3 is 0 Å². The van der Waals surface area contributed by atoms with Crippen LogP contribution in [0.15, 0.2) is 0 Å². The molecule has 2 nitrogen and oxygen atoms in total. The van der Waals surface area contributed by atoms with Gasteiger partial charge in [0.15, 0.2) is 0 Å². The quantitative estimate of drug-likeness (QED) is 0.590. The van der Waals surface area contributed by atoms with E-state index in [9.17, 15) is 4.79 Å². The summed E-state index contributed by atoms with van der Waals surface area (Å²) in [5.41, 5.74) is 5.32. The molecule has 0 aliphatic heterocycles. The molecule has 0 heterocycles. The molecular weight excluding hydrogens is 138 g/mol. The van der Waals surface area contributed by atoms with E-state index in [1.54, 1.807) is 0 Å². The summed E-state index contributed by atoms with van der Waals surface area (Å²) >= 11 is 0. The van der Waals surface area contributed by atoms with Crippen LogP contribution in [0.3, 0.4) is 0 Å². The number of unbranched alkanes of at least 4 members (excludes halogenated alkanes) is 1. The van der Waals surface area contributed by atoms with Gasteiger partial charge in [0.1, 0.15) is 5.78 Å². The molecule has 2 heteroatoms. The molecule has 0 spiro atoms. The molecule has 11 heavy (non-hydrogen) atoms. The zero-order valence-corrected chi connectivity index (χ0v) is 7.01. The first-order valence-corrected chi connectivity index (χ1v) is 4.54. The van der Waals surface area contributed by atoms with E-state index in [1.165, 1.54) is 12.8 Å². The Morgan fingerprint density at radius 3 is 2.64 bits per heavy atom. The van der Waals surface area contributed by atoms with Gasteiger partial charge in [-0.1, -0.05) is 0 Å². The van der Waals surface area contributed by atoms with Crippen LogP contribution in [0.4, 0.5) is 0 Å². The van der Waals surface area contributed by atoms with Crippen LogP contribution in [0.1, 0.15) is 38.5 Å². The molecule has 0 aromatic carbocycles. The first kappa shape index (κ1) is 8.72. The Labute approximate surface area is 68.2 Å². The number of nitrogens with two attached hydrogens (primary N) is 1. The average molecular weight is 155 g/mol. The van der Waals surface area contributed by atoms with Crippen LogP contribution in [0.25, 0.3) is 0 Å². The molecule has 0 radical (unpaired) electrons. The van der Waals surface area contributed by atoms with Gasteiger partial charge in [-0.25, -0.2) is 0 Å². The first-order valence-electron chi connectivity index (χ1n) is 4.54. The third-order valence-electron chi connectivity index (χ3n) is 2.12. The van der Waals surface area contributed by atoms with Gasteiger partial charge in [0, 0.05) is 12.8 Å². The molecule has 2 N–H and O–H groups in total. The summed E-state index contributed by atoms with van der Waals surface area (Å²) in [5, 5.41) is 0. The van der Waals surface area contributed by atoms with Gasteiger partial charge in [-0.3, -0.25) is 4.79 Å². The highest BCUT2D eigenvalue weighted by atomic mass is 16.1. The fourth-order valence-electron chi connectivity index (χ4n) is 1.21. The fourth-order valence-corrected chi connectivity index (χ4v) is 1.21. The molecule has 0 unspecified atom stereocenters. The number of carbonyl (C=O) groups excluding carboxylic acids is 1. The molecule has 64 valence electrons. The largest absolute Gasteiger partial charge is 0.330 e. The van der Waals surface area contributed by atoms with E-state index in [2.05, 4.69) is 0 Å². The van der Waals surface area contributed by atoms with Crippen molar-refractivity contribution < 1.29 is 4.79 Å². The maximum atomic E-state index is 11.1. The Morgan fingerprint density at radius 2 is 2.09 bits per heavy atom. The molecule has 1 saturated carbocycles. The van der Waals surface area contributed by atoms with E-state index in [0.29, 0.717) is 5.78 Å². The summed E-state index contributed by atoms with van der Waals surface area (Å²) in [6, 6.07) is 0. The summed E-state index contributed by atoms with van der Waals surface area (Å²) in [6.45, 7) is 0.719. The second-order valence-corrected chi connectivity index (χ2v) is 3.43. The van der Waals surface area contributed by atoms with Crippen molar-refractivity contribution in [3.8, 4) is 0 Å². The van der Waals surface area contributed by atoms with Crippen LogP contribution < -0.4 is 5.73 Å². The highest BCUT2D eigenvalue weighted by molar-refractivity contribution is 5.78. The monoisotopic (exact) mass is 155 g/mol. The molecule has 0 aromatic heterocycles. The second-order valence-electron chi connectivity index (χ2n) is 3.43. The lowest BCUT2D eigenvalue weighted by Gasteiger charge is -1.97. The predicted molar refractivity (Wildman–Crippen MR) is 45.3 cm³/mol. The number of carbonyl (C=O) groups is 1.